The highest BCUT2D eigenvalue weighted by Gasteiger charge is 1.98. The minimum atomic E-state index is -0.338. The van der Waals surface area contributed by atoms with Gasteiger partial charge in [0.2, 0.25) is 0 Å². The summed E-state index contributed by atoms with van der Waals surface area (Å²) >= 11 is 3.44. The summed E-state index contributed by atoms with van der Waals surface area (Å²) in [6, 6.07) is 16.6. The Morgan fingerprint density at radius 3 is 2.52 bits per heavy atom. The molecule has 0 radical (unpaired) electrons. The Labute approximate surface area is 133 Å². The highest BCUT2D eigenvalue weighted by atomic mass is 79.9. The van der Waals surface area contributed by atoms with Crippen molar-refractivity contribution < 1.29 is 9.53 Å². The van der Waals surface area contributed by atoms with Crippen LogP contribution in [-0.4, -0.2) is 13.1 Å². The van der Waals surface area contributed by atoms with Crippen molar-refractivity contribution in [2.75, 3.05) is 7.11 Å². The molecule has 0 saturated carbocycles. The average Bonchev–Trinajstić information content (AvgIpc) is 2.52. The van der Waals surface area contributed by atoms with Crippen LogP contribution in [0, 0.1) is 0 Å². The second kappa shape index (κ2) is 7.79. The fourth-order valence-corrected chi connectivity index (χ4v) is 2.29. The number of halogens is 1. The molecule has 0 N–H and O–H groups in total. The van der Waals surface area contributed by atoms with Crippen molar-refractivity contribution in [3.05, 3.63) is 75.8 Å². The zero-order valence-corrected chi connectivity index (χ0v) is 13.5. The molecule has 0 aromatic heterocycles. The average molecular weight is 345 g/mol. The Hall–Kier alpha value is -1.87. The van der Waals surface area contributed by atoms with E-state index in [4.69, 9.17) is 0 Å². The van der Waals surface area contributed by atoms with Crippen molar-refractivity contribution in [3.63, 3.8) is 0 Å². The van der Waals surface area contributed by atoms with Gasteiger partial charge in [0.25, 0.3) is 0 Å². The number of hydrogen-bond donors (Lipinski definition) is 0. The third-order valence-corrected chi connectivity index (χ3v) is 3.71. The highest BCUT2D eigenvalue weighted by Crippen LogP contribution is 2.14. The van der Waals surface area contributed by atoms with Crippen molar-refractivity contribution in [3.8, 4) is 0 Å². The topological polar surface area (TPSA) is 26.3 Å². The van der Waals surface area contributed by atoms with E-state index in [0.717, 1.165) is 22.9 Å². The molecule has 2 aromatic carbocycles. The summed E-state index contributed by atoms with van der Waals surface area (Å²) in [6.45, 7) is 0. The maximum absolute atomic E-state index is 11.1. The van der Waals surface area contributed by atoms with Gasteiger partial charge in [-0.15, -0.1) is 0 Å². The maximum Gasteiger partial charge on any atom is 0.330 e. The highest BCUT2D eigenvalue weighted by molar-refractivity contribution is 9.10. The summed E-state index contributed by atoms with van der Waals surface area (Å²) in [6.07, 6.45) is 5.18. The van der Waals surface area contributed by atoms with E-state index in [1.54, 1.807) is 6.08 Å². The lowest BCUT2D eigenvalue weighted by molar-refractivity contribution is -0.134. The van der Waals surface area contributed by atoms with E-state index in [1.807, 2.05) is 12.1 Å². The first kappa shape index (κ1) is 15.5. The van der Waals surface area contributed by atoms with Crippen molar-refractivity contribution >= 4 is 28.0 Å². The second-order valence-electron chi connectivity index (χ2n) is 4.73. The molecule has 0 spiro atoms. The summed E-state index contributed by atoms with van der Waals surface area (Å²) in [5, 5.41) is 0. The monoisotopic (exact) mass is 344 g/mol. The molecular formula is C18H17BrO2. The van der Waals surface area contributed by atoms with Crippen LogP contribution in [0.25, 0.3) is 6.08 Å². The normalized spacial score (nSPS) is 10.8. The fraction of sp³-hybridized carbons (Fsp3) is 0.167. The Morgan fingerprint density at radius 2 is 1.81 bits per heavy atom. The Bertz CT molecular complexity index is 630. The number of aryl methyl sites for hydroxylation is 2. The summed E-state index contributed by atoms with van der Waals surface area (Å²) in [5.41, 5.74) is 3.58. The number of carbonyl (C=O) groups excluding carboxylic acids is 1. The molecular weight excluding hydrogens is 328 g/mol. The Morgan fingerprint density at radius 1 is 1.10 bits per heavy atom. The van der Waals surface area contributed by atoms with E-state index >= 15 is 0 Å². The van der Waals surface area contributed by atoms with Gasteiger partial charge in [0, 0.05) is 10.5 Å². The minimum Gasteiger partial charge on any atom is -0.466 e. The number of carbonyl (C=O) groups is 1. The molecule has 108 valence electrons. The van der Waals surface area contributed by atoms with Gasteiger partial charge >= 0.3 is 5.97 Å². The molecule has 3 heteroatoms. The van der Waals surface area contributed by atoms with Crippen molar-refractivity contribution in [1.82, 2.24) is 0 Å². The van der Waals surface area contributed by atoms with Crippen LogP contribution in [0.15, 0.2) is 59.1 Å². The lowest BCUT2D eigenvalue weighted by atomic mass is 10.0. The quantitative estimate of drug-likeness (QED) is 0.592. The van der Waals surface area contributed by atoms with E-state index in [9.17, 15) is 4.79 Å². The summed E-state index contributed by atoms with van der Waals surface area (Å²) in [5.74, 6) is -0.338. The smallest absolute Gasteiger partial charge is 0.330 e. The molecule has 0 atom stereocenters. The zero-order valence-electron chi connectivity index (χ0n) is 11.9. The molecule has 0 fully saturated rings. The van der Waals surface area contributed by atoms with Crippen molar-refractivity contribution in [2.24, 2.45) is 0 Å². The summed E-state index contributed by atoms with van der Waals surface area (Å²) in [7, 11) is 1.38. The second-order valence-corrected chi connectivity index (χ2v) is 5.64. The third-order valence-electron chi connectivity index (χ3n) is 3.18. The number of benzene rings is 2. The van der Waals surface area contributed by atoms with Crippen LogP contribution >= 0.6 is 15.9 Å². The van der Waals surface area contributed by atoms with Crippen LogP contribution < -0.4 is 0 Å². The first-order valence-corrected chi connectivity index (χ1v) is 7.56. The van der Waals surface area contributed by atoms with E-state index < -0.39 is 0 Å². The van der Waals surface area contributed by atoms with Crippen LogP contribution in [0.2, 0.25) is 0 Å². The lowest BCUT2D eigenvalue weighted by Crippen LogP contribution is -1.94. The molecule has 0 saturated heterocycles. The molecule has 2 nitrogen and oxygen atoms in total. The van der Waals surface area contributed by atoms with Gasteiger partial charge in [-0.05, 0) is 47.7 Å². The predicted molar refractivity (Wildman–Crippen MR) is 89.0 cm³/mol. The van der Waals surface area contributed by atoms with Gasteiger partial charge in [-0.2, -0.15) is 0 Å². The molecule has 0 aliphatic heterocycles. The number of esters is 1. The SMILES string of the molecule is COC(=O)/C=C/c1cccc(CCc2ccc(Br)cc2)c1. The molecule has 0 unspecified atom stereocenters. The molecule has 0 bridgehead atoms. The fourth-order valence-electron chi connectivity index (χ4n) is 2.02. The molecule has 21 heavy (non-hydrogen) atoms. The van der Waals surface area contributed by atoms with Gasteiger partial charge in [0.1, 0.15) is 0 Å². The van der Waals surface area contributed by atoms with Gasteiger partial charge in [-0.3, -0.25) is 0 Å². The number of hydrogen-bond acceptors (Lipinski definition) is 2. The summed E-state index contributed by atoms with van der Waals surface area (Å²) in [4.78, 5) is 11.1. The largest absolute Gasteiger partial charge is 0.466 e. The minimum absolute atomic E-state index is 0.338. The van der Waals surface area contributed by atoms with Crippen molar-refractivity contribution in [2.45, 2.75) is 12.8 Å². The standard InChI is InChI=1S/C18H17BrO2/c1-21-18(20)12-9-16-4-2-3-15(13-16)6-5-14-7-10-17(19)11-8-14/h2-4,7-13H,5-6H2,1H3/b12-9+. The van der Waals surface area contributed by atoms with Crippen LogP contribution in [0.4, 0.5) is 0 Å². The number of methoxy groups -OCH3 is 1. The summed E-state index contributed by atoms with van der Waals surface area (Å²) < 4.78 is 5.69. The molecule has 0 heterocycles. The molecule has 0 aliphatic carbocycles. The lowest BCUT2D eigenvalue weighted by Gasteiger charge is -2.04. The molecule has 2 aromatic rings. The van der Waals surface area contributed by atoms with Crippen LogP contribution in [0.5, 0.6) is 0 Å². The van der Waals surface area contributed by atoms with E-state index in [0.29, 0.717) is 0 Å². The van der Waals surface area contributed by atoms with Crippen LogP contribution in [-0.2, 0) is 22.4 Å². The first-order chi connectivity index (χ1) is 10.2. The van der Waals surface area contributed by atoms with Gasteiger partial charge in [0.15, 0.2) is 0 Å². The van der Waals surface area contributed by atoms with Gasteiger partial charge in [-0.1, -0.05) is 52.3 Å². The first-order valence-electron chi connectivity index (χ1n) is 6.77. The molecule has 0 aliphatic rings. The number of rotatable bonds is 5. The van der Waals surface area contributed by atoms with Crippen molar-refractivity contribution in [1.29, 1.82) is 0 Å². The van der Waals surface area contributed by atoms with Gasteiger partial charge < -0.3 is 4.74 Å². The third kappa shape index (κ3) is 5.20. The number of ether oxygens (including phenoxy) is 1. The van der Waals surface area contributed by atoms with Crippen LogP contribution in [0.1, 0.15) is 16.7 Å². The zero-order chi connectivity index (χ0) is 15.1. The van der Waals surface area contributed by atoms with Gasteiger partial charge in [0.05, 0.1) is 7.11 Å². The van der Waals surface area contributed by atoms with E-state index in [-0.39, 0.29) is 5.97 Å². The van der Waals surface area contributed by atoms with E-state index in [1.165, 1.54) is 24.3 Å². The molecule has 2 rings (SSSR count). The van der Waals surface area contributed by atoms with Crippen LogP contribution in [0.3, 0.4) is 0 Å². The Kier molecular flexibility index (Phi) is 5.76. The van der Waals surface area contributed by atoms with E-state index in [2.05, 4.69) is 57.1 Å². The Balaban J connectivity index is 1.99. The van der Waals surface area contributed by atoms with Gasteiger partial charge in [-0.25, -0.2) is 4.79 Å². The predicted octanol–water partition coefficient (Wildman–Crippen LogP) is 4.42. The maximum atomic E-state index is 11.1. The molecule has 0 amide bonds.